The molecule has 1 aromatic carbocycles. The zero-order valence-electron chi connectivity index (χ0n) is 38.4. The second-order valence-electron chi connectivity index (χ2n) is 16.3. The summed E-state index contributed by atoms with van der Waals surface area (Å²) in [5.74, 6) is -12.0. The summed E-state index contributed by atoms with van der Waals surface area (Å²) in [7, 11) is 0. The monoisotopic (exact) mass is 991 g/mol. The number of nitrogens with two attached hydrogens (primary N) is 5. The number of benzene rings is 1. The number of hydrogen-bond donors (Lipinski definition) is 15. The number of rotatable bonds is 32. The predicted molar refractivity (Wildman–Crippen MR) is 243 cm³/mol. The van der Waals surface area contributed by atoms with Gasteiger partial charge in [-0.25, -0.2) is 4.79 Å². The topological polar surface area (TPSA) is 483 Å². The first-order valence-corrected chi connectivity index (χ1v) is 22.3. The van der Waals surface area contributed by atoms with Crippen molar-refractivity contribution in [1.82, 2.24) is 42.1 Å². The molecule has 2 rings (SSSR count). The molecule has 388 valence electrons. The van der Waals surface area contributed by atoms with Crippen molar-refractivity contribution in [2.24, 2.45) is 28.7 Å². The third-order valence-corrected chi connectivity index (χ3v) is 10.8. The number of carboxylic acid groups (broad SMARTS) is 1. The molecule has 0 spiro atoms. The molecule has 1 aromatic rings. The molecule has 0 aromatic heterocycles. The highest BCUT2D eigenvalue weighted by atomic mass is 16.4. The number of likely N-dealkylation sites (tertiary alicyclic amines) is 1. The molecule has 0 radical (unpaired) electrons. The molecule has 28 heteroatoms. The van der Waals surface area contributed by atoms with E-state index in [9.17, 15) is 72.9 Å². The molecule has 8 atom stereocenters. The van der Waals surface area contributed by atoms with Crippen LogP contribution in [0.4, 0.5) is 0 Å². The summed E-state index contributed by atoms with van der Waals surface area (Å²) in [4.78, 5) is 155. The largest absolute Gasteiger partial charge is 0.480 e. The number of carboxylic acids is 1. The molecule has 70 heavy (non-hydrogen) atoms. The summed E-state index contributed by atoms with van der Waals surface area (Å²) in [6, 6.07) is -3.74. The van der Waals surface area contributed by atoms with Gasteiger partial charge in [-0.1, -0.05) is 30.3 Å². The first-order chi connectivity index (χ1) is 33.1. The average molecular weight is 992 g/mol. The van der Waals surface area contributed by atoms with Crippen LogP contribution in [0.2, 0.25) is 0 Å². The van der Waals surface area contributed by atoms with Gasteiger partial charge in [-0.2, -0.15) is 0 Å². The molecule has 0 bridgehead atoms. The molecule has 1 heterocycles. The van der Waals surface area contributed by atoms with Crippen LogP contribution >= 0.6 is 0 Å². The van der Waals surface area contributed by atoms with E-state index in [4.69, 9.17) is 28.7 Å². The van der Waals surface area contributed by atoms with E-state index in [1.165, 1.54) is 0 Å². The molecule has 20 N–H and O–H groups in total. The summed E-state index contributed by atoms with van der Waals surface area (Å²) < 4.78 is 0. The van der Waals surface area contributed by atoms with E-state index in [2.05, 4.69) is 37.2 Å². The maximum absolute atomic E-state index is 14.3. The van der Waals surface area contributed by atoms with Gasteiger partial charge in [0.25, 0.3) is 0 Å². The van der Waals surface area contributed by atoms with Crippen LogP contribution in [0.15, 0.2) is 30.3 Å². The second-order valence-corrected chi connectivity index (χ2v) is 16.3. The van der Waals surface area contributed by atoms with Crippen molar-refractivity contribution in [3.8, 4) is 0 Å². The van der Waals surface area contributed by atoms with Crippen molar-refractivity contribution in [1.29, 1.82) is 0 Å². The van der Waals surface area contributed by atoms with E-state index in [0.717, 1.165) is 4.90 Å². The van der Waals surface area contributed by atoms with Gasteiger partial charge in [-0.15, -0.1) is 0 Å². The van der Waals surface area contributed by atoms with E-state index in [1.54, 1.807) is 30.3 Å². The Morgan fingerprint density at radius 3 is 1.69 bits per heavy atom. The zero-order valence-corrected chi connectivity index (χ0v) is 38.4. The molecule has 1 fully saturated rings. The number of aliphatic carboxylic acids is 1. The second kappa shape index (κ2) is 30.2. The quantitative estimate of drug-likeness (QED) is 0.0298. The van der Waals surface area contributed by atoms with Crippen LogP contribution < -0.4 is 65.9 Å². The van der Waals surface area contributed by atoms with E-state index < -0.39 is 158 Å². The normalized spacial score (nSPS) is 16.1. The fourth-order valence-corrected chi connectivity index (χ4v) is 7.00. The number of primary amides is 3. The molecule has 1 aliphatic heterocycles. The molecular weight excluding hydrogens is 927 g/mol. The minimum absolute atomic E-state index is 0.00110. The number of aliphatic hydroxyl groups excluding tert-OH is 2. The summed E-state index contributed by atoms with van der Waals surface area (Å²) in [5, 5.41) is 45.0. The smallest absolute Gasteiger partial charge is 0.326 e. The van der Waals surface area contributed by atoms with Crippen molar-refractivity contribution >= 4 is 70.9 Å². The SMILES string of the molecule is NCCCC[C@H](NC(=O)[C@H](CCC(N)=O)NC(=O)[C@H](CO)NC(=O)CNC(=O)[C@@H]1CCCN1C(=O)[C@H](Cc1ccccc1)NC(=O)[C@H](CC(N)=O)NC(=O)[C@H](CCC(N)=O)NC(=O)[C@@H](N)CO)C(=O)O. The van der Waals surface area contributed by atoms with Crippen LogP contribution in [0, 0.1) is 0 Å². The molecule has 1 aliphatic rings. The van der Waals surface area contributed by atoms with E-state index in [1.807, 2.05) is 0 Å². The fraction of sp³-hybridized carbons (Fsp3) is 0.571. The number of nitrogens with one attached hydrogen (secondary N) is 7. The lowest BCUT2D eigenvalue weighted by molar-refractivity contribution is -0.143. The van der Waals surface area contributed by atoms with Gasteiger partial charge in [-0.05, 0) is 57.1 Å². The van der Waals surface area contributed by atoms with Crippen molar-refractivity contribution in [3.63, 3.8) is 0 Å². The van der Waals surface area contributed by atoms with Gasteiger partial charge in [0.2, 0.25) is 65.0 Å². The summed E-state index contributed by atoms with van der Waals surface area (Å²) >= 11 is 0. The Balaban J connectivity index is 2.24. The Hall–Kier alpha value is -7.30. The number of unbranched alkanes of at least 4 members (excludes halogenated alkanes) is 1. The summed E-state index contributed by atoms with van der Waals surface area (Å²) in [6.07, 6.45) is -1.34. The molecule has 28 nitrogen and oxygen atoms in total. The fourth-order valence-electron chi connectivity index (χ4n) is 7.00. The van der Waals surface area contributed by atoms with E-state index >= 15 is 0 Å². The number of amides is 11. The molecule has 11 amide bonds. The number of carbonyl (C=O) groups is 12. The third-order valence-electron chi connectivity index (χ3n) is 10.8. The molecular formula is C42H65N13O15. The van der Waals surface area contributed by atoms with Gasteiger partial charge in [0.1, 0.15) is 48.3 Å². The molecule has 0 aliphatic carbocycles. The van der Waals surface area contributed by atoms with Gasteiger partial charge < -0.3 is 86.1 Å². The number of carbonyl (C=O) groups excluding carboxylic acids is 11. The lowest BCUT2D eigenvalue weighted by Gasteiger charge is -2.30. The van der Waals surface area contributed by atoms with Gasteiger partial charge in [-0.3, -0.25) is 52.7 Å². The van der Waals surface area contributed by atoms with Crippen LogP contribution in [0.1, 0.15) is 69.8 Å². The Morgan fingerprint density at radius 2 is 1.16 bits per heavy atom. The van der Waals surface area contributed by atoms with Gasteiger partial charge >= 0.3 is 5.97 Å². The highest BCUT2D eigenvalue weighted by Gasteiger charge is 2.39. The summed E-state index contributed by atoms with van der Waals surface area (Å²) in [5.41, 5.74) is 27.4. The zero-order chi connectivity index (χ0) is 52.5. The Labute approximate surface area is 401 Å². The number of nitrogens with zero attached hydrogens (tertiary/aromatic N) is 1. The molecule has 1 saturated heterocycles. The van der Waals surface area contributed by atoms with Crippen molar-refractivity contribution in [2.75, 3.05) is 32.8 Å². The van der Waals surface area contributed by atoms with Crippen molar-refractivity contribution in [3.05, 3.63) is 35.9 Å². The standard InChI is InChI=1S/C42H65N13O15/c43-15-5-4-9-26(42(69)70)52-36(63)25(12-14-32(46)59)51-39(66)29(21-57)49-34(61)19-48-40(67)30-10-6-16-55(30)41(68)28(17-22-7-2-1-3-8-22)54-38(65)27(18-33(47)60)53-37(64)24(11-13-31(45)58)50-35(62)23(44)20-56/h1-3,7-8,23-30,56-57H,4-6,9-21,43-44H2,(H2,45,58)(H2,46,59)(H2,47,60)(H,48,67)(H,49,61)(H,50,62)(H,51,66)(H,52,63)(H,53,64)(H,54,65)(H,69,70)/t23-,24-,25-,26-,27-,28-,29-,30-/m0/s1. The first kappa shape index (κ1) is 58.8. The van der Waals surface area contributed by atoms with E-state index in [0.29, 0.717) is 24.8 Å². The van der Waals surface area contributed by atoms with Crippen molar-refractivity contribution in [2.45, 2.75) is 119 Å². The van der Waals surface area contributed by atoms with Gasteiger partial charge in [0, 0.05) is 25.8 Å². The highest BCUT2D eigenvalue weighted by Crippen LogP contribution is 2.20. The van der Waals surface area contributed by atoms with Crippen LogP contribution in [-0.2, 0) is 64.0 Å². The lowest BCUT2D eigenvalue weighted by atomic mass is 10.0. The van der Waals surface area contributed by atoms with Gasteiger partial charge in [0.15, 0.2) is 0 Å². The van der Waals surface area contributed by atoms with Gasteiger partial charge in [0.05, 0.1) is 26.2 Å². The van der Waals surface area contributed by atoms with E-state index in [-0.39, 0.29) is 45.2 Å². The molecule has 0 unspecified atom stereocenters. The third kappa shape index (κ3) is 20.5. The Bertz CT molecular complexity index is 2030. The lowest BCUT2D eigenvalue weighted by Crippen LogP contribution is -2.60. The minimum atomic E-state index is -1.75. The maximum atomic E-state index is 14.3. The van der Waals surface area contributed by atoms with Crippen LogP contribution in [0.3, 0.4) is 0 Å². The minimum Gasteiger partial charge on any atom is -0.480 e. The predicted octanol–water partition coefficient (Wildman–Crippen LogP) is -7.82. The molecule has 0 saturated carbocycles. The van der Waals surface area contributed by atoms with Crippen LogP contribution in [0.5, 0.6) is 0 Å². The highest BCUT2D eigenvalue weighted by molar-refractivity contribution is 5.99. The maximum Gasteiger partial charge on any atom is 0.326 e. The average Bonchev–Trinajstić information content (AvgIpc) is 3.81. The first-order valence-electron chi connectivity index (χ1n) is 22.3. The van der Waals surface area contributed by atoms with Crippen LogP contribution in [0.25, 0.3) is 0 Å². The van der Waals surface area contributed by atoms with Crippen molar-refractivity contribution < 1.29 is 72.9 Å². The summed E-state index contributed by atoms with van der Waals surface area (Å²) in [6.45, 7) is -2.32. The Morgan fingerprint density at radius 1 is 0.629 bits per heavy atom. The number of aliphatic hydroxyl groups is 2. The Kier molecular flexibility index (Phi) is 25.4. The van der Waals surface area contributed by atoms with Crippen LogP contribution in [-0.4, -0.2) is 172 Å². The number of hydrogen-bond acceptors (Lipinski definition) is 16.